The van der Waals surface area contributed by atoms with Crippen molar-refractivity contribution in [1.29, 1.82) is 0 Å². The lowest BCUT2D eigenvalue weighted by Crippen LogP contribution is -2.50. The number of carbonyl (C=O) groups is 2. The van der Waals surface area contributed by atoms with Gasteiger partial charge in [-0.1, -0.05) is 45.9 Å². The highest BCUT2D eigenvalue weighted by molar-refractivity contribution is 5.98. The molecule has 6 heteroatoms. The van der Waals surface area contributed by atoms with E-state index in [1.807, 2.05) is 52.8 Å². The molecule has 1 aromatic rings. The van der Waals surface area contributed by atoms with Crippen LogP contribution in [0, 0.1) is 18.3 Å². The highest BCUT2D eigenvalue weighted by Crippen LogP contribution is 2.16. The van der Waals surface area contributed by atoms with Crippen LogP contribution in [0.2, 0.25) is 0 Å². The number of aryl methyl sites for hydroxylation is 1. The van der Waals surface area contributed by atoms with Crippen LogP contribution in [0.5, 0.6) is 0 Å². The molecule has 2 amide bonds. The van der Waals surface area contributed by atoms with E-state index in [2.05, 4.69) is 5.32 Å². The van der Waals surface area contributed by atoms with Crippen molar-refractivity contribution >= 4 is 24.2 Å². The van der Waals surface area contributed by atoms with E-state index in [1.54, 1.807) is 18.0 Å². The minimum absolute atomic E-state index is 0. The molecule has 1 aromatic carbocycles. The van der Waals surface area contributed by atoms with Gasteiger partial charge in [0.05, 0.1) is 0 Å². The number of likely N-dealkylation sites (N-methyl/N-ethyl adjacent to an activating group) is 1. The third-order valence-corrected chi connectivity index (χ3v) is 4.29. The predicted octanol–water partition coefficient (Wildman–Crippen LogP) is 3.00. The van der Waals surface area contributed by atoms with E-state index >= 15 is 0 Å². The van der Waals surface area contributed by atoms with Gasteiger partial charge in [0.25, 0.3) is 5.91 Å². The van der Waals surface area contributed by atoms with Gasteiger partial charge >= 0.3 is 0 Å². The molecule has 3 N–H and O–H groups in total. The summed E-state index contributed by atoms with van der Waals surface area (Å²) in [7, 11) is 1.77. The Labute approximate surface area is 164 Å². The SMILES string of the molecule is Cc1ccccc1C(=O)NC(CC(C)C)C(=O)N(C)CC(C)(C)CN.Cl. The van der Waals surface area contributed by atoms with Crippen LogP contribution in [0.15, 0.2) is 24.3 Å². The number of nitrogens with zero attached hydrogens (tertiary/aromatic N) is 1. The fourth-order valence-electron chi connectivity index (χ4n) is 2.81. The number of nitrogens with two attached hydrogens (primary N) is 1. The second kappa shape index (κ2) is 10.5. The Hall–Kier alpha value is -1.59. The smallest absolute Gasteiger partial charge is 0.252 e. The minimum Gasteiger partial charge on any atom is -0.343 e. The zero-order valence-electron chi connectivity index (χ0n) is 16.8. The van der Waals surface area contributed by atoms with Gasteiger partial charge in [-0.05, 0) is 42.9 Å². The maximum Gasteiger partial charge on any atom is 0.252 e. The van der Waals surface area contributed by atoms with Crippen LogP contribution in [0.4, 0.5) is 0 Å². The monoisotopic (exact) mass is 383 g/mol. The van der Waals surface area contributed by atoms with E-state index in [0.717, 1.165) is 5.56 Å². The van der Waals surface area contributed by atoms with E-state index in [0.29, 0.717) is 31.0 Å². The Kier molecular flexibility index (Phi) is 9.89. The molecule has 0 aliphatic rings. The van der Waals surface area contributed by atoms with Crippen molar-refractivity contribution in [2.24, 2.45) is 17.1 Å². The van der Waals surface area contributed by atoms with Gasteiger partial charge in [0.15, 0.2) is 0 Å². The number of halogens is 1. The van der Waals surface area contributed by atoms with Crippen LogP contribution in [0.1, 0.15) is 50.0 Å². The van der Waals surface area contributed by atoms with Gasteiger partial charge in [0.1, 0.15) is 6.04 Å². The van der Waals surface area contributed by atoms with Crippen LogP contribution in [0.3, 0.4) is 0 Å². The summed E-state index contributed by atoms with van der Waals surface area (Å²) in [5.41, 5.74) is 7.12. The van der Waals surface area contributed by atoms with E-state index in [4.69, 9.17) is 5.73 Å². The first kappa shape index (κ1) is 24.4. The average molecular weight is 384 g/mol. The number of benzene rings is 1. The van der Waals surface area contributed by atoms with Crippen molar-refractivity contribution < 1.29 is 9.59 Å². The molecule has 0 saturated carbocycles. The fourth-order valence-corrected chi connectivity index (χ4v) is 2.81. The largest absolute Gasteiger partial charge is 0.343 e. The predicted molar refractivity (Wildman–Crippen MR) is 110 cm³/mol. The van der Waals surface area contributed by atoms with Crippen molar-refractivity contribution in [3.8, 4) is 0 Å². The molecule has 0 fully saturated rings. The molecule has 5 nitrogen and oxygen atoms in total. The molecule has 0 radical (unpaired) electrons. The number of amides is 2. The second-order valence-electron chi connectivity index (χ2n) is 8.03. The lowest BCUT2D eigenvalue weighted by atomic mass is 9.92. The molecular formula is C20H34ClN3O2. The number of hydrogen-bond acceptors (Lipinski definition) is 3. The number of nitrogens with one attached hydrogen (secondary N) is 1. The molecule has 0 aliphatic carbocycles. The van der Waals surface area contributed by atoms with Gasteiger partial charge in [-0.3, -0.25) is 9.59 Å². The molecule has 26 heavy (non-hydrogen) atoms. The van der Waals surface area contributed by atoms with E-state index < -0.39 is 6.04 Å². The van der Waals surface area contributed by atoms with Gasteiger partial charge in [-0.15, -0.1) is 12.4 Å². The van der Waals surface area contributed by atoms with Gasteiger partial charge < -0.3 is 16.0 Å². The third-order valence-electron chi connectivity index (χ3n) is 4.29. The molecule has 1 rings (SSSR count). The normalized spacial score (nSPS) is 12.3. The minimum atomic E-state index is -0.536. The van der Waals surface area contributed by atoms with Crippen molar-refractivity contribution in [3.05, 3.63) is 35.4 Å². The van der Waals surface area contributed by atoms with E-state index in [-0.39, 0.29) is 29.6 Å². The van der Waals surface area contributed by atoms with Crippen LogP contribution in [0.25, 0.3) is 0 Å². The van der Waals surface area contributed by atoms with Crippen LogP contribution < -0.4 is 11.1 Å². The number of rotatable bonds is 8. The average Bonchev–Trinajstić information content (AvgIpc) is 2.53. The molecule has 0 aromatic heterocycles. The molecule has 0 spiro atoms. The first-order valence-corrected chi connectivity index (χ1v) is 8.89. The summed E-state index contributed by atoms with van der Waals surface area (Å²) in [6.45, 7) is 11.1. The molecule has 0 bridgehead atoms. The van der Waals surface area contributed by atoms with Crippen molar-refractivity contribution in [3.63, 3.8) is 0 Å². The molecule has 0 aliphatic heterocycles. The Morgan fingerprint density at radius 1 is 1.23 bits per heavy atom. The van der Waals surface area contributed by atoms with Crippen LogP contribution >= 0.6 is 12.4 Å². The number of hydrogen-bond donors (Lipinski definition) is 2. The third kappa shape index (κ3) is 7.34. The summed E-state index contributed by atoms with van der Waals surface area (Å²) in [5.74, 6) is 0.0165. The topological polar surface area (TPSA) is 75.4 Å². The first-order chi connectivity index (χ1) is 11.6. The summed E-state index contributed by atoms with van der Waals surface area (Å²) < 4.78 is 0. The molecule has 1 atom stereocenters. The second-order valence-corrected chi connectivity index (χ2v) is 8.03. The Bertz CT molecular complexity index is 602. The zero-order valence-corrected chi connectivity index (χ0v) is 17.7. The summed E-state index contributed by atoms with van der Waals surface area (Å²) >= 11 is 0. The summed E-state index contributed by atoms with van der Waals surface area (Å²) in [6, 6.07) is 6.86. The quantitative estimate of drug-likeness (QED) is 0.724. The summed E-state index contributed by atoms with van der Waals surface area (Å²) in [6.07, 6.45) is 0.601. The lowest BCUT2D eigenvalue weighted by molar-refractivity contribution is -0.133. The standard InChI is InChI=1S/C20H33N3O2.ClH/c1-14(2)11-17(19(25)23(6)13-20(4,5)12-21)22-18(24)16-10-8-7-9-15(16)3;/h7-10,14,17H,11-13,21H2,1-6H3,(H,22,24);1H. The highest BCUT2D eigenvalue weighted by Gasteiger charge is 2.28. The van der Waals surface area contributed by atoms with E-state index in [1.165, 1.54) is 0 Å². The highest BCUT2D eigenvalue weighted by atomic mass is 35.5. The Balaban J connectivity index is 0.00000625. The zero-order chi connectivity index (χ0) is 19.2. The summed E-state index contributed by atoms with van der Waals surface area (Å²) in [5, 5.41) is 2.93. The van der Waals surface area contributed by atoms with Gasteiger partial charge in [-0.25, -0.2) is 0 Å². The van der Waals surface area contributed by atoms with Crippen molar-refractivity contribution in [2.75, 3.05) is 20.1 Å². The van der Waals surface area contributed by atoms with Crippen molar-refractivity contribution in [1.82, 2.24) is 10.2 Å². The van der Waals surface area contributed by atoms with Crippen LogP contribution in [-0.4, -0.2) is 42.9 Å². The maximum atomic E-state index is 12.9. The summed E-state index contributed by atoms with van der Waals surface area (Å²) in [4.78, 5) is 27.2. The van der Waals surface area contributed by atoms with Crippen molar-refractivity contribution in [2.45, 2.75) is 47.1 Å². The molecule has 1 unspecified atom stereocenters. The van der Waals surface area contributed by atoms with Crippen LogP contribution in [-0.2, 0) is 4.79 Å². The fraction of sp³-hybridized carbons (Fsp3) is 0.600. The first-order valence-electron chi connectivity index (χ1n) is 8.89. The van der Waals surface area contributed by atoms with Gasteiger partial charge in [0.2, 0.25) is 5.91 Å². The Morgan fingerprint density at radius 2 is 1.81 bits per heavy atom. The molecule has 0 saturated heterocycles. The van der Waals surface area contributed by atoms with Gasteiger partial charge in [-0.2, -0.15) is 0 Å². The van der Waals surface area contributed by atoms with E-state index in [9.17, 15) is 9.59 Å². The Morgan fingerprint density at radius 3 is 2.31 bits per heavy atom. The maximum absolute atomic E-state index is 12.9. The number of carbonyl (C=O) groups excluding carboxylic acids is 2. The lowest BCUT2D eigenvalue weighted by Gasteiger charge is -2.32. The van der Waals surface area contributed by atoms with Gasteiger partial charge in [0, 0.05) is 19.2 Å². The molecule has 148 valence electrons. The molecule has 0 heterocycles. The molecular weight excluding hydrogens is 350 g/mol.